The van der Waals surface area contributed by atoms with Gasteiger partial charge in [0.1, 0.15) is 0 Å². The zero-order valence-electron chi connectivity index (χ0n) is 15.3. The van der Waals surface area contributed by atoms with E-state index in [0.29, 0.717) is 18.3 Å². The summed E-state index contributed by atoms with van der Waals surface area (Å²) in [5, 5.41) is 10.8. The van der Waals surface area contributed by atoms with Crippen LogP contribution in [0.2, 0.25) is 0 Å². The number of piperidine rings is 1. The van der Waals surface area contributed by atoms with Gasteiger partial charge >= 0.3 is 0 Å². The molecular weight excluding hydrogens is 338 g/mol. The molecule has 0 unspecified atom stereocenters. The summed E-state index contributed by atoms with van der Waals surface area (Å²) >= 11 is 0. The topological polar surface area (TPSA) is 71.8 Å². The van der Waals surface area contributed by atoms with Gasteiger partial charge in [-0.25, -0.2) is 4.68 Å². The van der Waals surface area contributed by atoms with E-state index < -0.39 is 0 Å². The molecular formula is C18H32ClN5O. The number of anilines is 1. The molecule has 1 aromatic rings. The van der Waals surface area contributed by atoms with Gasteiger partial charge in [0.25, 0.3) is 0 Å². The number of halogens is 1. The minimum Gasteiger partial charge on any atom is -0.317 e. The van der Waals surface area contributed by atoms with Crippen LogP contribution in [-0.4, -0.2) is 33.8 Å². The van der Waals surface area contributed by atoms with Crippen LogP contribution in [0.5, 0.6) is 0 Å². The Balaban J connectivity index is 0.00000225. The van der Waals surface area contributed by atoms with Crippen LogP contribution in [-0.2, 0) is 11.8 Å². The van der Waals surface area contributed by atoms with Crippen molar-refractivity contribution >= 4 is 24.3 Å². The predicted molar refractivity (Wildman–Crippen MR) is 102 cm³/mol. The molecule has 1 aliphatic carbocycles. The molecule has 7 heteroatoms. The van der Waals surface area contributed by atoms with E-state index >= 15 is 0 Å². The van der Waals surface area contributed by atoms with Gasteiger partial charge in [0.05, 0.1) is 0 Å². The first-order chi connectivity index (χ1) is 11.7. The molecule has 1 saturated carbocycles. The molecule has 25 heavy (non-hydrogen) atoms. The summed E-state index contributed by atoms with van der Waals surface area (Å²) in [4.78, 5) is 16.8. The molecule has 2 N–H and O–H groups in total. The maximum Gasteiger partial charge on any atom is 0.227 e. The van der Waals surface area contributed by atoms with Crippen molar-refractivity contribution in [3.63, 3.8) is 0 Å². The van der Waals surface area contributed by atoms with Crippen LogP contribution < -0.4 is 10.6 Å². The summed E-state index contributed by atoms with van der Waals surface area (Å²) in [6.07, 6.45) is 11.7. The monoisotopic (exact) mass is 369 g/mol. The van der Waals surface area contributed by atoms with Gasteiger partial charge in [0, 0.05) is 19.4 Å². The minimum absolute atomic E-state index is 0. The van der Waals surface area contributed by atoms with Gasteiger partial charge in [-0.2, -0.15) is 10.1 Å². The van der Waals surface area contributed by atoms with Gasteiger partial charge in [-0.3, -0.25) is 10.1 Å². The number of aromatic nitrogens is 3. The smallest absolute Gasteiger partial charge is 0.227 e. The largest absolute Gasteiger partial charge is 0.317 e. The van der Waals surface area contributed by atoms with Gasteiger partial charge in [0.2, 0.25) is 11.9 Å². The first-order valence-electron chi connectivity index (χ1n) is 9.64. The Morgan fingerprint density at radius 2 is 1.92 bits per heavy atom. The number of nitrogens with one attached hydrogen (secondary N) is 2. The third kappa shape index (κ3) is 5.96. The van der Waals surface area contributed by atoms with Crippen molar-refractivity contribution in [1.29, 1.82) is 0 Å². The molecule has 0 aromatic carbocycles. The van der Waals surface area contributed by atoms with Gasteiger partial charge in [-0.1, -0.05) is 32.1 Å². The zero-order chi connectivity index (χ0) is 16.8. The van der Waals surface area contributed by atoms with E-state index in [1.54, 1.807) is 4.68 Å². The van der Waals surface area contributed by atoms with E-state index in [-0.39, 0.29) is 18.3 Å². The molecule has 0 bridgehead atoms. The van der Waals surface area contributed by atoms with Gasteiger partial charge in [-0.05, 0) is 44.7 Å². The quantitative estimate of drug-likeness (QED) is 0.806. The number of hydrogen-bond donors (Lipinski definition) is 2. The Bertz CT molecular complexity index is 536. The Labute approximate surface area is 157 Å². The van der Waals surface area contributed by atoms with Crippen LogP contribution >= 0.6 is 12.4 Å². The fourth-order valence-corrected chi connectivity index (χ4v) is 3.98. The van der Waals surface area contributed by atoms with E-state index in [9.17, 15) is 4.79 Å². The van der Waals surface area contributed by atoms with Crippen molar-refractivity contribution in [2.75, 3.05) is 18.4 Å². The van der Waals surface area contributed by atoms with E-state index in [0.717, 1.165) is 44.1 Å². The van der Waals surface area contributed by atoms with Gasteiger partial charge in [0.15, 0.2) is 5.82 Å². The second-order valence-electron chi connectivity index (χ2n) is 7.39. The third-order valence-electron chi connectivity index (χ3n) is 5.48. The van der Waals surface area contributed by atoms with Crippen molar-refractivity contribution in [2.45, 2.75) is 70.1 Å². The lowest BCUT2D eigenvalue weighted by molar-refractivity contribution is -0.116. The zero-order valence-corrected chi connectivity index (χ0v) is 16.1. The highest BCUT2D eigenvalue weighted by atomic mass is 35.5. The normalized spacial score (nSPS) is 19.4. The SMILES string of the molecule is Cl.Cn1nc(C2CCNCC2)nc1NC(=O)CCCC1CCCCC1. The minimum atomic E-state index is 0. The van der Waals surface area contributed by atoms with E-state index in [4.69, 9.17) is 0 Å². The molecule has 0 radical (unpaired) electrons. The predicted octanol–water partition coefficient (Wildman–Crippen LogP) is 3.39. The van der Waals surface area contributed by atoms with Crippen LogP contribution in [0, 0.1) is 5.92 Å². The van der Waals surface area contributed by atoms with Crippen LogP contribution in [0.25, 0.3) is 0 Å². The molecule has 1 aromatic heterocycles. The second-order valence-corrected chi connectivity index (χ2v) is 7.39. The molecule has 1 amide bonds. The number of aryl methyl sites for hydroxylation is 1. The fraction of sp³-hybridized carbons (Fsp3) is 0.833. The summed E-state index contributed by atoms with van der Waals surface area (Å²) in [6.45, 7) is 2.04. The van der Waals surface area contributed by atoms with Crippen molar-refractivity contribution in [3.05, 3.63) is 5.82 Å². The Hall–Kier alpha value is -1.14. The van der Waals surface area contributed by atoms with Crippen LogP contribution in [0.1, 0.15) is 76.0 Å². The molecule has 1 saturated heterocycles. The first kappa shape index (κ1) is 20.2. The Morgan fingerprint density at radius 1 is 1.20 bits per heavy atom. The third-order valence-corrected chi connectivity index (χ3v) is 5.48. The molecule has 142 valence electrons. The lowest BCUT2D eigenvalue weighted by atomic mass is 9.86. The van der Waals surface area contributed by atoms with Crippen LogP contribution in [0.4, 0.5) is 5.95 Å². The lowest BCUT2D eigenvalue weighted by Gasteiger charge is -2.21. The van der Waals surface area contributed by atoms with Gasteiger partial charge in [-0.15, -0.1) is 12.4 Å². The highest BCUT2D eigenvalue weighted by Gasteiger charge is 2.21. The molecule has 2 aliphatic rings. The lowest BCUT2D eigenvalue weighted by Crippen LogP contribution is -2.27. The summed E-state index contributed by atoms with van der Waals surface area (Å²) < 4.78 is 1.70. The molecule has 1 aliphatic heterocycles. The number of nitrogens with zero attached hydrogens (tertiary/aromatic N) is 3. The average molecular weight is 370 g/mol. The molecule has 6 nitrogen and oxygen atoms in total. The Kier molecular flexibility index (Phi) is 8.16. The van der Waals surface area contributed by atoms with E-state index in [1.165, 1.54) is 38.5 Å². The number of amides is 1. The van der Waals surface area contributed by atoms with Crippen LogP contribution in [0.15, 0.2) is 0 Å². The summed E-state index contributed by atoms with van der Waals surface area (Å²) in [5.74, 6) is 2.78. The summed E-state index contributed by atoms with van der Waals surface area (Å²) in [5.41, 5.74) is 0. The first-order valence-corrected chi connectivity index (χ1v) is 9.64. The standard InChI is InChI=1S/C18H31N5O.ClH/c1-23-18(21-17(22-23)15-10-12-19-13-11-15)20-16(24)9-5-8-14-6-3-2-4-7-14;/h14-15,19H,2-13H2,1H3,(H,20,21,22,24);1H. The van der Waals surface area contributed by atoms with Crippen molar-refractivity contribution < 1.29 is 4.79 Å². The highest BCUT2D eigenvalue weighted by molar-refractivity contribution is 5.88. The Morgan fingerprint density at radius 3 is 2.64 bits per heavy atom. The number of carbonyl (C=O) groups excluding carboxylic acids is 1. The second kappa shape index (κ2) is 10.1. The average Bonchev–Trinajstić information content (AvgIpc) is 2.97. The van der Waals surface area contributed by atoms with Gasteiger partial charge < -0.3 is 5.32 Å². The number of carbonyl (C=O) groups is 1. The molecule has 0 atom stereocenters. The van der Waals surface area contributed by atoms with Crippen molar-refractivity contribution in [2.24, 2.45) is 13.0 Å². The molecule has 2 heterocycles. The number of hydrogen-bond acceptors (Lipinski definition) is 4. The maximum atomic E-state index is 12.2. The molecule has 2 fully saturated rings. The van der Waals surface area contributed by atoms with E-state index in [2.05, 4.69) is 20.7 Å². The maximum absolute atomic E-state index is 12.2. The molecule has 3 rings (SSSR count). The van der Waals surface area contributed by atoms with Crippen molar-refractivity contribution in [1.82, 2.24) is 20.1 Å². The number of rotatable bonds is 6. The summed E-state index contributed by atoms with van der Waals surface area (Å²) in [7, 11) is 1.86. The van der Waals surface area contributed by atoms with Crippen LogP contribution in [0.3, 0.4) is 0 Å². The fourth-order valence-electron chi connectivity index (χ4n) is 3.98. The summed E-state index contributed by atoms with van der Waals surface area (Å²) in [6, 6.07) is 0. The highest BCUT2D eigenvalue weighted by Crippen LogP contribution is 2.28. The van der Waals surface area contributed by atoms with E-state index in [1.807, 2.05) is 7.05 Å². The molecule has 0 spiro atoms. The van der Waals surface area contributed by atoms with Crippen molar-refractivity contribution in [3.8, 4) is 0 Å².